The number of rotatable bonds is 4. The molecule has 2 saturated heterocycles. The maximum Gasteiger partial charge on any atom is 0.292 e. The Kier molecular flexibility index (Phi) is 4.12. The summed E-state index contributed by atoms with van der Waals surface area (Å²) in [6.07, 6.45) is 5.45. The Morgan fingerprint density at radius 1 is 1.40 bits per heavy atom. The van der Waals surface area contributed by atoms with Crippen molar-refractivity contribution < 1.29 is 14.1 Å². The van der Waals surface area contributed by atoms with Crippen LogP contribution in [-0.2, 0) is 4.74 Å². The average Bonchev–Trinajstić information content (AvgIpc) is 3.05. The van der Waals surface area contributed by atoms with Crippen molar-refractivity contribution in [2.75, 3.05) is 31.6 Å². The lowest BCUT2D eigenvalue weighted by molar-refractivity contribution is -0.165. The van der Waals surface area contributed by atoms with Gasteiger partial charge in [-0.15, -0.1) is 0 Å². The van der Waals surface area contributed by atoms with E-state index in [-0.39, 0.29) is 11.5 Å². The molecule has 0 aromatic carbocycles. The number of hydrogen-bond acceptors (Lipinski definition) is 7. The molecule has 2 aromatic heterocycles. The number of carbonyl (C=O) groups excluding carboxylic acids is 1. The van der Waals surface area contributed by atoms with E-state index in [1.807, 2.05) is 0 Å². The number of amides is 1. The van der Waals surface area contributed by atoms with Gasteiger partial charge in [-0.05, 0) is 31.7 Å². The molecule has 1 amide bonds. The first-order valence-corrected chi connectivity index (χ1v) is 8.51. The second kappa shape index (κ2) is 6.44. The van der Waals surface area contributed by atoms with Crippen molar-refractivity contribution in [1.29, 1.82) is 0 Å². The fraction of sp³-hybridized carbons (Fsp3) is 0.529. The highest BCUT2D eigenvalue weighted by molar-refractivity contribution is 5.92. The van der Waals surface area contributed by atoms with E-state index in [1.54, 1.807) is 36.4 Å². The van der Waals surface area contributed by atoms with E-state index < -0.39 is 0 Å². The van der Waals surface area contributed by atoms with E-state index in [1.165, 1.54) is 0 Å². The lowest BCUT2D eigenvalue weighted by atomic mass is 9.83. The molecule has 2 aromatic rings. The molecule has 4 rings (SSSR count). The van der Waals surface area contributed by atoms with Gasteiger partial charge in [0.25, 0.3) is 5.91 Å². The van der Waals surface area contributed by atoms with Crippen LogP contribution in [0.1, 0.15) is 29.1 Å². The third kappa shape index (κ3) is 3.34. The van der Waals surface area contributed by atoms with Crippen molar-refractivity contribution in [1.82, 2.24) is 20.0 Å². The van der Waals surface area contributed by atoms with Crippen LogP contribution in [0, 0.1) is 12.8 Å². The van der Waals surface area contributed by atoms with Crippen LogP contribution in [0.5, 0.6) is 0 Å². The van der Waals surface area contributed by atoms with Gasteiger partial charge in [0.2, 0.25) is 11.7 Å². The van der Waals surface area contributed by atoms with E-state index in [0.717, 1.165) is 19.4 Å². The lowest BCUT2D eigenvalue weighted by Crippen LogP contribution is -2.66. The van der Waals surface area contributed by atoms with E-state index in [9.17, 15) is 4.79 Å². The molecule has 2 aliphatic rings. The number of hydrogen-bond donors (Lipinski definition) is 1. The first-order chi connectivity index (χ1) is 12.1. The fourth-order valence-corrected chi connectivity index (χ4v) is 3.37. The lowest BCUT2D eigenvalue weighted by Gasteiger charge is -2.52. The Hall–Kier alpha value is -2.48. The minimum atomic E-state index is -0.190. The minimum absolute atomic E-state index is 0.111. The molecule has 132 valence electrons. The van der Waals surface area contributed by atoms with Crippen LogP contribution in [0.3, 0.4) is 0 Å². The summed E-state index contributed by atoms with van der Waals surface area (Å²) in [5.41, 5.74) is 0.523. The first kappa shape index (κ1) is 16.0. The summed E-state index contributed by atoms with van der Waals surface area (Å²) in [6.45, 7) is 4.52. The Labute approximate surface area is 145 Å². The molecular formula is C17H21N5O3. The van der Waals surface area contributed by atoms with Crippen LogP contribution < -0.4 is 5.32 Å². The maximum absolute atomic E-state index is 12.3. The minimum Gasteiger partial charge on any atom is -0.371 e. The molecule has 0 radical (unpaired) electrons. The molecule has 0 aliphatic carbocycles. The molecule has 8 heteroatoms. The summed E-state index contributed by atoms with van der Waals surface area (Å²) in [5, 5.41) is 7.01. The summed E-state index contributed by atoms with van der Waals surface area (Å²) in [4.78, 5) is 22.4. The van der Waals surface area contributed by atoms with Gasteiger partial charge in [-0.3, -0.25) is 4.79 Å². The molecule has 1 N–H and O–H groups in total. The van der Waals surface area contributed by atoms with Gasteiger partial charge in [0.05, 0.1) is 25.4 Å². The van der Waals surface area contributed by atoms with Gasteiger partial charge < -0.3 is 19.5 Å². The van der Waals surface area contributed by atoms with Crippen molar-refractivity contribution in [2.24, 2.45) is 5.92 Å². The van der Waals surface area contributed by atoms with Crippen molar-refractivity contribution in [3.63, 3.8) is 0 Å². The van der Waals surface area contributed by atoms with Crippen molar-refractivity contribution >= 4 is 11.9 Å². The van der Waals surface area contributed by atoms with Gasteiger partial charge >= 0.3 is 0 Å². The first-order valence-electron chi connectivity index (χ1n) is 8.51. The molecule has 2 aliphatic heterocycles. The quantitative estimate of drug-likeness (QED) is 0.899. The largest absolute Gasteiger partial charge is 0.371 e. The molecule has 1 atom stereocenters. The third-order valence-electron chi connectivity index (χ3n) is 4.83. The van der Waals surface area contributed by atoms with Crippen LogP contribution in [0.15, 0.2) is 29.0 Å². The van der Waals surface area contributed by atoms with Crippen LogP contribution >= 0.6 is 0 Å². The van der Waals surface area contributed by atoms with Crippen molar-refractivity contribution in [2.45, 2.75) is 25.4 Å². The monoisotopic (exact) mass is 343 g/mol. The topological polar surface area (TPSA) is 93.4 Å². The molecule has 0 saturated carbocycles. The van der Waals surface area contributed by atoms with Gasteiger partial charge in [-0.2, -0.15) is 0 Å². The number of nitrogens with zero attached hydrogens (tertiary/aromatic N) is 4. The number of ether oxygens (including phenoxy) is 1. The van der Waals surface area contributed by atoms with Gasteiger partial charge in [0, 0.05) is 25.0 Å². The summed E-state index contributed by atoms with van der Waals surface area (Å²) in [5.74, 6) is 1.26. The normalized spacial score (nSPS) is 21.8. The smallest absolute Gasteiger partial charge is 0.292 e. The van der Waals surface area contributed by atoms with E-state index >= 15 is 0 Å². The van der Waals surface area contributed by atoms with Gasteiger partial charge in [-0.25, -0.2) is 9.97 Å². The van der Waals surface area contributed by atoms with Gasteiger partial charge in [0.1, 0.15) is 5.60 Å². The van der Waals surface area contributed by atoms with E-state index in [4.69, 9.17) is 9.26 Å². The second-order valence-corrected chi connectivity index (χ2v) is 6.85. The highest BCUT2D eigenvalue weighted by Gasteiger charge is 2.49. The zero-order valence-electron chi connectivity index (χ0n) is 14.1. The summed E-state index contributed by atoms with van der Waals surface area (Å²) in [7, 11) is 0. The highest BCUT2D eigenvalue weighted by Crippen LogP contribution is 2.36. The number of likely N-dealkylation sites (tertiary alicyclic amines) is 1. The Balaban J connectivity index is 1.24. The van der Waals surface area contributed by atoms with Crippen molar-refractivity contribution in [3.05, 3.63) is 36.0 Å². The Morgan fingerprint density at radius 3 is 2.84 bits per heavy atom. The number of aromatic nitrogens is 3. The average molecular weight is 343 g/mol. The molecule has 1 spiro atoms. The molecule has 8 nitrogen and oxygen atoms in total. The van der Waals surface area contributed by atoms with Crippen LogP contribution in [0.4, 0.5) is 5.95 Å². The van der Waals surface area contributed by atoms with Crippen LogP contribution in [-0.4, -0.2) is 57.8 Å². The van der Waals surface area contributed by atoms with Crippen LogP contribution in [0.2, 0.25) is 0 Å². The summed E-state index contributed by atoms with van der Waals surface area (Å²) in [6, 6.07) is 3.46. The predicted molar refractivity (Wildman–Crippen MR) is 89.1 cm³/mol. The molecule has 0 unspecified atom stereocenters. The Morgan fingerprint density at radius 2 is 2.20 bits per heavy atom. The number of carbonyl (C=O) groups is 1. The van der Waals surface area contributed by atoms with Gasteiger partial charge in [-0.1, -0.05) is 5.16 Å². The second-order valence-electron chi connectivity index (χ2n) is 6.85. The van der Waals surface area contributed by atoms with Gasteiger partial charge in [0.15, 0.2) is 0 Å². The molecule has 2 fully saturated rings. The highest BCUT2D eigenvalue weighted by atomic mass is 16.5. The zero-order valence-corrected chi connectivity index (χ0v) is 14.1. The standard InChI is InChI=1S/C17H21N5O3/c1-12-7-14(25-21-12)15(23)22-10-17(11-22)4-3-13(9-24-17)8-20-16-18-5-2-6-19-16/h2,5-7,13H,3-4,8-11H2,1H3,(H,18,19,20)/t13-/m1/s1. The summed E-state index contributed by atoms with van der Waals surface area (Å²) >= 11 is 0. The third-order valence-corrected chi connectivity index (χ3v) is 4.83. The predicted octanol–water partition coefficient (Wildman–Crippen LogP) is 1.51. The molecule has 0 bridgehead atoms. The zero-order chi connectivity index (χ0) is 17.3. The Bertz CT molecular complexity index is 732. The van der Waals surface area contributed by atoms with E-state index in [0.29, 0.717) is 43.0 Å². The SMILES string of the molecule is Cc1cc(C(=O)N2CC3(CC[C@H](CNc4ncccn4)CO3)C2)on1. The molecule has 4 heterocycles. The van der Waals surface area contributed by atoms with E-state index in [2.05, 4.69) is 20.4 Å². The van der Waals surface area contributed by atoms with Crippen molar-refractivity contribution in [3.8, 4) is 0 Å². The molecule has 25 heavy (non-hydrogen) atoms. The molecular weight excluding hydrogens is 322 g/mol. The fourth-order valence-electron chi connectivity index (χ4n) is 3.37. The number of nitrogens with one attached hydrogen (secondary N) is 1. The maximum atomic E-state index is 12.3. The number of anilines is 1. The van der Waals surface area contributed by atoms with Crippen LogP contribution in [0.25, 0.3) is 0 Å². The summed E-state index contributed by atoms with van der Waals surface area (Å²) < 4.78 is 11.2. The number of aryl methyl sites for hydroxylation is 1.